The quantitative estimate of drug-likeness (QED) is 0.620. The number of thioether (sulfide) groups is 1. The Balaban J connectivity index is 1.49. The topological polar surface area (TPSA) is 70.7 Å². The highest BCUT2D eigenvalue weighted by atomic mass is 32.2. The molecule has 0 saturated carbocycles. The van der Waals surface area contributed by atoms with Crippen molar-refractivity contribution in [3.8, 4) is 0 Å². The lowest BCUT2D eigenvalue weighted by Crippen LogP contribution is -2.28. The molecule has 5 nitrogen and oxygen atoms in total. The summed E-state index contributed by atoms with van der Waals surface area (Å²) in [5.41, 5.74) is 2.31. The Morgan fingerprint density at radius 3 is 2.92 bits per heavy atom. The Labute approximate surface area is 155 Å². The zero-order chi connectivity index (χ0) is 17.6. The predicted molar refractivity (Wildman–Crippen MR) is 102 cm³/mol. The summed E-state index contributed by atoms with van der Waals surface area (Å²) >= 11 is 3.03. The van der Waals surface area contributed by atoms with E-state index in [1.807, 2.05) is 36.6 Å². The second kappa shape index (κ2) is 8.31. The van der Waals surface area contributed by atoms with Crippen LogP contribution in [0.25, 0.3) is 0 Å². The summed E-state index contributed by atoms with van der Waals surface area (Å²) in [4.78, 5) is 17.8. The van der Waals surface area contributed by atoms with Crippen LogP contribution in [0.15, 0.2) is 46.9 Å². The Morgan fingerprint density at radius 1 is 1.32 bits per heavy atom. The van der Waals surface area contributed by atoms with Crippen molar-refractivity contribution in [1.82, 2.24) is 20.5 Å². The first-order valence-corrected chi connectivity index (χ1v) is 9.89. The highest BCUT2D eigenvalue weighted by Crippen LogP contribution is 2.18. The van der Waals surface area contributed by atoms with E-state index < -0.39 is 0 Å². The second-order valence-corrected chi connectivity index (χ2v) is 7.73. The number of thiophene rings is 1. The molecule has 1 aromatic carbocycles. The third kappa shape index (κ3) is 4.93. The Hall–Kier alpha value is -2.12. The molecule has 130 valence electrons. The van der Waals surface area contributed by atoms with Crippen LogP contribution in [0.5, 0.6) is 0 Å². The van der Waals surface area contributed by atoms with Gasteiger partial charge in [0.1, 0.15) is 5.82 Å². The molecule has 0 saturated heterocycles. The molecule has 0 aliphatic rings. The largest absolute Gasteiger partial charge is 0.349 e. The van der Waals surface area contributed by atoms with Gasteiger partial charge in [-0.1, -0.05) is 42.1 Å². The average molecular weight is 373 g/mol. The Kier molecular flexibility index (Phi) is 5.88. The SMILES string of the molecule is Cc1ccccc1[C@@H](C)NC(=O)CSc1n[nH]c(Cc2cccs2)n1. The van der Waals surface area contributed by atoms with Crippen LogP contribution in [0, 0.1) is 6.92 Å². The van der Waals surface area contributed by atoms with Crippen molar-refractivity contribution in [3.63, 3.8) is 0 Å². The molecule has 0 radical (unpaired) electrons. The van der Waals surface area contributed by atoms with Gasteiger partial charge in [-0.15, -0.1) is 16.4 Å². The normalized spacial score (nSPS) is 12.1. The Bertz CT molecular complexity index is 829. The van der Waals surface area contributed by atoms with Gasteiger partial charge in [-0.05, 0) is 36.4 Å². The van der Waals surface area contributed by atoms with Gasteiger partial charge in [-0.3, -0.25) is 9.89 Å². The summed E-state index contributed by atoms with van der Waals surface area (Å²) in [6.45, 7) is 4.05. The maximum absolute atomic E-state index is 12.2. The van der Waals surface area contributed by atoms with Crippen LogP contribution in [0.1, 0.15) is 34.8 Å². The van der Waals surface area contributed by atoms with Crippen molar-refractivity contribution in [2.24, 2.45) is 0 Å². The van der Waals surface area contributed by atoms with E-state index in [9.17, 15) is 4.79 Å². The van der Waals surface area contributed by atoms with E-state index in [0.29, 0.717) is 10.9 Å². The van der Waals surface area contributed by atoms with Crippen LogP contribution in [0.4, 0.5) is 0 Å². The molecular formula is C18H20N4OS2. The standard InChI is InChI=1S/C18H20N4OS2/c1-12-6-3-4-8-15(12)13(2)19-17(23)11-25-18-20-16(21-22-18)10-14-7-5-9-24-14/h3-9,13H,10-11H2,1-2H3,(H,19,23)(H,20,21,22)/t13-/m1/s1. The summed E-state index contributed by atoms with van der Waals surface area (Å²) in [6, 6.07) is 12.2. The van der Waals surface area contributed by atoms with Crippen LogP contribution in [-0.2, 0) is 11.2 Å². The lowest BCUT2D eigenvalue weighted by Gasteiger charge is -2.16. The van der Waals surface area contributed by atoms with Gasteiger partial charge in [0, 0.05) is 11.3 Å². The van der Waals surface area contributed by atoms with Crippen molar-refractivity contribution in [3.05, 3.63) is 63.6 Å². The van der Waals surface area contributed by atoms with Crippen LogP contribution in [-0.4, -0.2) is 26.8 Å². The monoisotopic (exact) mass is 372 g/mol. The molecular weight excluding hydrogens is 352 g/mol. The van der Waals surface area contributed by atoms with Crippen molar-refractivity contribution >= 4 is 29.0 Å². The van der Waals surface area contributed by atoms with E-state index in [1.165, 1.54) is 22.2 Å². The minimum atomic E-state index is -0.0228. The number of rotatable bonds is 7. The summed E-state index contributed by atoms with van der Waals surface area (Å²) in [7, 11) is 0. The van der Waals surface area contributed by atoms with Crippen LogP contribution >= 0.6 is 23.1 Å². The number of hydrogen-bond acceptors (Lipinski definition) is 5. The highest BCUT2D eigenvalue weighted by Gasteiger charge is 2.13. The van der Waals surface area contributed by atoms with Crippen molar-refractivity contribution < 1.29 is 4.79 Å². The molecule has 0 aliphatic heterocycles. The second-order valence-electron chi connectivity index (χ2n) is 5.76. The van der Waals surface area contributed by atoms with Gasteiger partial charge in [0.05, 0.1) is 11.8 Å². The number of aromatic amines is 1. The molecule has 2 heterocycles. The molecule has 0 spiro atoms. The maximum Gasteiger partial charge on any atom is 0.230 e. The van der Waals surface area contributed by atoms with Gasteiger partial charge in [0.25, 0.3) is 0 Å². The fourth-order valence-corrected chi connectivity index (χ4v) is 3.90. The predicted octanol–water partition coefficient (Wildman–Crippen LogP) is 3.73. The fraction of sp³-hybridized carbons (Fsp3) is 0.278. The van der Waals surface area contributed by atoms with E-state index in [0.717, 1.165) is 17.8 Å². The third-order valence-electron chi connectivity index (χ3n) is 3.80. The van der Waals surface area contributed by atoms with E-state index in [2.05, 4.69) is 39.6 Å². The lowest BCUT2D eigenvalue weighted by molar-refractivity contribution is -0.119. The zero-order valence-corrected chi connectivity index (χ0v) is 15.8. The summed E-state index contributed by atoms with van der Waals surface area (Å²) < 4.78 is 0. The number of carbonyl (C=O) groups is 1. The molecule has 0 fully saturated rings. The summed E-state index contributed by atoms with van der Waals surface area (Å²) in [5, 5.41) is 12.8. The molecule has 0 unspecified atom stereocenters. The molecule has 25 heavy (non-hydrogen) atoms. The molecule has 2 N–H and O–H groups in total. The molecule has 7 heteroatoms. The van der Waals surface area contributed by atoms with Gasteiger partial charge in [0.15, 0.2) is 0 Å². The van der Waals surface area contributed by atoms with Crippen LogP contribution in [0.3, 0.4) is 0 Å². The van der Waals surface area contributed by atoms with Gasteiger partial charge in [0.2, 0.25) is 11.1 Å². The van der Waals surface area contributed by atoms with Crippen molar-refractivity contribution in [2.75, 3.05) is 5.75 Å². The number of hydrogen-bond donors (Lipinski definition) is 2. The molecule has 3 aromatic rings. The number of nitrogens with one attached hydrogen (secondary N) is 2. The molecule has 0 aliphatic carbocycles. The minimum Gasteiger partial charge on any atom is -0.349 e. The number of aryl methyl sites for hydroxylation is 1. The minimum absolute atomic E-state index is 0.0177. The Morgan fingerprint density at radius 2 is 2.16 bits per heavy atom. The van der Waals surface area contributed by atoms with E-state index >= 15 is 0 Å². The van der Waals surface area contributed by atoms with Gasteiger partial charge < -0.3 is 5.32 Å². The van der Waals surface area contributed by atoms with Crippen LogP contribution in [0.2, 0.25) is 0 Å². The van der Waals surface area contributed by atoms with Crippen molar-refractivity contribution in [2.45, 2.75) is 31.5 Å². The van der Waals surface area contributed by atoms with E-state index in [4.69, 9.17) is 0 Å². The molecule has 2 aromatic heterocycles. The first kappa shape index (κ1) is 17.7. The van der Waals surface area contributed by atoms with Gasteiger partial charge in [-0.25, -0.2) is 4.98 Å². The van der Waals surface area contributed by atoms with Gasteiger partial charge in [-0.2, -0.15) is 0 Å². The van der Waals surface area contributed by atoms with Gasteiger partial charge >= 0.3 is 0 Å². The van der Waals surface area contributed by atoms with E-state index in [-0.39, 0.29) is 11.9 Å². The molecule has 1 amide bonds. The number of amides is 1. The fourth-order valence-electron chi connectivity index (χ4n) is 2.56. The number of benzene rings is 1. The summed E-state index contributed by atoms with van der Waals surface area (Å²) in [6.07, 6.45) is 0.738. The van der Waals surface area contributed by atoms with Crippen molar-refractivity contribution in [1.29, 1.82) is 0 Å². The van der Waals surface area contributed by atoms with E-state index in [1.54, 1.807) is 11.3 Å². The number of aromatic nitrogens is 3. The highest BCUT2D eigenvalue weighted by molar-refractivity contribution is 7.99. The average Bonchev–Trinajstić information content (AvgIpc) is 3.26. The first-order valence-electron chi connectivity index (χ1n) is 8.03. The zero-order valence-electron chi connectivity index (χ0n) is 14.2. The first-order chi connectivity index (χ1) is 12.1. The van der Waals surface area contributed by atoms with Crippen LogP contribution < -0.4 is 5.32 Å². The smallest absolute Gasteiger partial charge is 0.230 e. The molecule has 0 bridgehead atoms. The molecule has 3 rings (SSSR count). The lowest BCUT2D eigenvalue weighted by atomic mass is 10.0. The maximum atomic E-state index is 12.2. The third-order valence-corrected chi connectivity index (χ3v) is 5.52. The number of nitrogens with zero attached hydrogens (tertiary/aromatic N) is 2. The number of carbonyl (C=O) groups excluding carboxylic acids is 1. The number of H-pyrrole nitrogens is 1. The molecule has 1 atom stereocenters. The summed E-state index contributed by atoms with van der Waals surface area (Å²) in [5.74, 6) is 1.09.